The highest BCUT2D eigenvalue weighted by molar-refractivity contribution is 7.92. The molecular formula is C24H22F2N4O3S. The van der Waals surface area contributed by atoms with Crippen molar-refractivity contribution in [2.45, 2.75) is 27.2 Å². The van der Waals surface area contributed by atoms with Crippen LogP contribution in [0.25, 0.3) is 22.2 Å². The normalized spacial score (nSPS) is 11.7. The van der Waals surface area contributed by atoms with Gasteiger partial charge < -0.3 is 4.98 Å². The lowest BCUT2D eigenvalue weighted by atomic mass is 9.99. The summed E-state index contributed by atoms with van der Waals surface area (Å²) >= 11 is 0. The molecule has 0 saturated heterocycles. The molecule has 0 bridgehead atoms. The van der Waals surface area contributed by atoms with Crippen LogP contribution >= 0.6 is 0 Å². The predicted molar refractivity (Wildman–Crippen MR) is 126 cm³/mol. The summed E-state index contributed by atoms with van der Waals surface area (Å²) in [6, 6.07) is 7.26. The van der Waals surface area contributed by atoms with Crippen LogP contribution in [-0.4, -0.2) is 34.9 Å². The summed E-state index contributed by atoms with van der Waals surface area (Å²) in [6.07, 6.45) is 3.26. The Morgan fingerprint density at radius 2 is 1.91 bits per heavy atom. The second-order valence-corrected chi connectivity index (χ2v) is 9.78. The smallest absolute Gasteiger partial charge is 0.232 e. The van der Waals surface area contributed by atoms with Crippen LogP contribution in [0.1, 0.15) is 40.7 Å². The molecule has 0 atom stereocenters. The van der Waals surface area contributed by atoms with Gasteiger partial charge in [-0.25, -0.2) is 22.2 Å². The quantitative estimate of drug-likeness (QED) is 0.363. The third-order valence-electron chi connectivity index (χ3n) is 5.37. The molecule has 10 heteroatoms. The molecule has 176 valence electrons. The Morgan fingerprint density at radius 3 is 2.62 bits per heavy atom. The second kappa shape index (κ2) is 8.94. The summed E-state index contributed by atoms with van der Waals surface area (Å²) in [5, 5.41) is 0.373. The highest BCUT2D eigenvalue weighted by Gasteiger charge is 2.26. The average molecular weight is 485 g/mol. The minimum atomic E-state index is -3.84. The van der Waals surface area contributed by atoms with E-state index in [4.69, 9.17) is 0 Å². The number of pyridine rings is 2. The molecule has 0 aliphatic carbocycles. The van der Waals surface area contributed by atoms with Gasteiger partial charge in [0.2, 0.25) is 15.8 Å². The van der Waals surface area contributed by atoms with Gasteiger partial charge in [0, 0.05) is 45.9 Å². The van der Waals surface area contributed by atoms with E-state index in [1.807, 2.05) is 26.0 Å². The van der Waals surface area contributed by atoms with E-state index in [9.17, 15) is 17.6 Å². The molecule has 4 rings (SSSR count). The van der Waals surface area contributed by atoms with E-state index in [0.717, 1.165) is 29.1 Å². The SMILES string of the molecule is CCCS(=O)(=O)Nc1ccc(F)c(C(=O)c2c[nH]c3ncc(-c4ccc(C)nc4C)cc23)c1F. The molecular weight excluding hydrogens is 462 g/mol. The maximum absolute atomic E-state index is 15.2. The van der Waals surface area contributed by atoms with E-state index in [2.05, 4.69) is 19.7 Å². The van der Waals surface area contributed by atoms with Crippen molar-refractivity contribution in [1.82, 2.24) is 15.0 Å². The maximum atomic E-state index is 15.2. The molecule has 4 aromatic rings. The number of aromatic nitrogens is 3. The number of nitrogens with zero attached hydrogens (tertiary/aromatic N) is 2. The van der Waals surface area contributed by atoms with Crippen LogP contribution in [0, 0.1) is 25.5 Å². The van der Waals surface area contributed by atoms with Gasteiger partial charge in [0.15, 0.2) is 5.82 Å². The number of aromatic amines is 1. The number of carbonyl (C=O) groups is 1. The van der Waals surface area contributed by atoms with Gasteiger partial charge in [0.1, 0.15) is 11.5 Å². The molecule has 1 aromatic carbocycles. The van der Waals surface area contributed by atoms with E-state index in [0.29, 0.717) is 23.0 Å². The number of benzene rings is 1. The second-order valence-electron chi connectivity index (χ2n) is 7.94. The molecule has 34 heavy (non-hydrogen) atoms. The zero-order valence-corrected chi connectivity index (χ0v) is 19.6. The van der Waals surface area contributed by atoms with Crippen LogP contribution < -0.4 is 4.72 Å². The number of aryl methyl sites for hydroxylation is 2. The number of rotatable bonds is 7. The van der Waals surface area contributed by atoms with Gasteiger partial charge in [-0.15, -0.1) is 0 Å². The molecule has 7 nitrogen and oxygen atoms in total. The number of ketones is 1. The molecule has 0 fully saturated rings. The molecule has 0 aliphatic rings. The van der Waals surface area contributed by atoms with Crippen molar-refractivity contribution in [3.63, 3.8) is 0 Å². The van der Waals surface area contributed by atoms with Crippen molar-refractivity contribution >= 4 is 32.5 Å². The number of fused-ring (bicyclic) bond motifs is 1. The highest BCUT2D eigenvalue weighted by Crippen LogP contribution is 2.30. The largest absolute Gasteiger partial charge is 0.345 e. The molecule has 3 aromatic heterocycles. The van der Waals surface area contributed by atoms with Gasteiger partial charge in [-0.1, -0.05) is 13.0 Å². The molecule has 0 amide bonds. The van der Waals surface area contributed by atoms with Crippen molar-refractivity contribution < 1.29 is 22.0 Å². The summed E-state index contributed by atoms with van der Waals surface area (Å²) in [5.74, 6) is -3.55. The summed E-state index contributed by atoms with van der Waals surface area (Å²) in [4.78, 5) is 24.9. The Balaban J connectivity index is 1.80. The first-order valence-corrected chi connectivity index (χ1v) is 12.2. The first-order valence-electron chi connectivity index (χ1n) is 10.6. The number of hydrogen-bond acceptors (Lipinski definition) is 5. The van der Waals surface area contributed by atoms with E-state index >= 15 is 4.39 Å². The van der Waals surface area contributed by atoms with E-state index in [1.165, 1.54) is 6.20 Å². The van der Waals surface area contributed by atoms with Crippen LogP contribution in [0.15, 0.2) is 42.7 Å². The van der Waals surface area contributed by atoms with Crippen molar-refractivity contribution in [1.29, 1.82) is 0 Å². The van der Waals surface area contributed by atoms with Gasteiger partial charge in [-0.3, -0.25) is 14.5 Å². The van der Waals surface area contributed by atoms with Crippen molar-refractivity contribution in [2.24, 2.45) is 0 Å². The zero-order valence-electron chi connectivity index (χ0n) is 18.7. The lowest BCUT2D eigenvalue weighted by molar-refractivity contribution is 0.103. The third kappa shape index (κ3) is 4.41. The molecule has 3 heterocycles. The molecule has 0 aliphatic heterocycles. The molecule has 0 spiro atoms. The van der Waals surface area contributed by atoms with Crippen LogP contribution in [0.5, 0.6) is 0 Å². The third-order valence-corrected chi connectivity index (χ3v) is 6.84. The monoisotopic (exact) mass is 484 g/mol. The minimum absolute atomic E-state index is 0.00781. The van der Waals surface area contributed by atoms with Gasteiger partial charge in [-0.2, -0.15) is 0 Å². The number of nitrogens with one attached hydrogen (secondary N) is 2. The Labute approximate surface area is 195 Å². The fraction of sp³-hybridized carbons (Fsp3) is 0.208. The lowest BCUT2D eigenvalue weighted by Crippen LogP contribution is -2.18. The number of H-pyrrole nitrogens is 1. The average Bonchev–Trinajstić information content (AvgIpc) is 3.19. The maximum Gasteiger partial charge on any atom is 0.232 e. The fourth-order valence-electron chi connectivity index (χ4n) is 3.79. The molecule has 2 N–H and O–H groups in total. The fourth-order valence-corrected chi connectivity index (χ4v) is 4.92. The van der Waals surface area contributed by atoms with E-state index < -0.39 is 38.7 Å². The highest BCUT2D eigenvalue weighted by atomic mass is 32.2. The van der Waals surface area contributed by atoms with Crippen molar-refractivity contribution in [3.05, 3.63) is 76.9 Å². The van der Waals surface area contributed by atoms with Crippen molar-refractivity contribution in [3.8, 4) is 11.1 Å². The summed E-state index contributed by atoms with van der Waals surface area (Å²) < 4.78 is 56.0. The Bertz CT molecular complexity index is 1530. The molecule has 0 saturated carbocycles. The van der Waals surface area contributed by atoms with Crippen LogP contribution in [-0.2, 0) is 10.0 Å². The zero-order chi connectivity index (χ0) is 24.6. The molecule has 0 unspecified atom stereocenters. The van der Waals surface area contributed by atoms with E-state index in [1.54, 1.807) is 19.2 Å². The van der Waals surface area contributed by atoms with Crippen molar-refractivity contribution in [2.75, 3.05) is 10.5 Å². The number of sulfonamides is 1. The predicted octanol–water partition coefficient (Wildman–Crippen LogP) is 4.90. The van der Waals surface area contributed by atoms with Gasteiger partial charge >= 0.3 is 0 Å². The Kier molecular flexibility index (Phi) is 6.18. The number of hydrogen-bond donors (Lipinski definition) is 2. The lowest BCUT2D eigenvalue weighted by Gasteiger charge is -2.11. The van der Waals surface area contributed by atoms with Crippen LogP contribution in [0.4, 0.5) is 14.5 Å². The summed E-state index contributed by atoms with van der Waals surface area (Å²) in [7, 11) is -3.84. The van der Waals surface area contributed by atoms with Crippen LogP contribution in [0.3, 0.4) is 0 Å². The standard InChI is InChI=1S/C24H22F2N4O3S/c1-4-9-34(32,33)30-20-8-7-19(25)21(22(20)26)23(31)18-12-28-24-17(18)10-15(11-27-24)16-6-5-13(2)29-14(16)3/h5-8,10-12,30H,4,9H2,1-3H3,(H,27,28). The number of anilines is 1. The minimum Gasteiger partial charge on any atom is -0.345 e. The summed E-state index contributed by atoms with van der Waals surface area (Å²) in [6.45, 7) is 5.38. The first-order chi connectivity index (χ1) is 16.1. The van der Waals surface area contributed by atoms with Gasteiger partial charge in [0.25, 0.3) is 0 Å². The van der Waals surface area contributed by atoms with E-state index in [-0.39, 0.29) is 11.3 Å². The van der Waals surface area contributed by atoms with Gasteiger partial charge in [-0.05, 0) is 44.5 Å². The first kappa shape index (κ1) is 23.5. The number of carbonyl (C=O) groups excluding carboxylic acids is 1. The Morgan fingerprint density at radius 1 is 1.15 bits per heavy atom. The summed E-state index contributed by atoms with van der Waals surface area (Å²) in [5.41, 5.74) is 2.16. The van der Waals surface area contributed by atoms with Gasteiger partial charge in [0.05, 0.1) is 17.0 Å². The topological polar surface area (TPSA) is 105 Å². The molecule has 0 radical (unpaired) electrons. The Hall–Kier alpha value is -3.66. The number of halogens is 2. The van der Waals surface area contributed by atoms with Crippen LogP contribution in [0.2, 0.25) is 0 Å².